The molecule has 2 aromatic carbocycles. The van der Waals surface area contributed by atoms with Gasteiger partial charge in [-0.25, -0.2) is 0 Å². The van der Waals surface area contributed by atoms with Crippen LogP contribution in [0.3, 0.4) is 0 Å². The van der Waals surface area contributed by atoms with Crippen molar-refractivity contribution in [2.75, 3.05) is 42.7 Å². The van der Waals surface area contributed by atoms with E-state index in [4.69, 9.17) is 28.4 Å². The Morgan fingerprint density at radius 1 is 0.706 bits per heavy atom. The van der Waals surface area contributed by atoms with E-state index in [0.29, 0.717) is 45.4 Å². The zero-order valence-corrected chi connectivity index (χ0v) is 20.7. The van der Waals surface area contributed by atoms with Crippen LogP contribution in [0.1, 0.15) is 11.1 Å². The van der Waals surface area contributed by atoms with Crippen molar-refractivity contribution in [3.63, 3.8) is 0 Å². The molecule has 0 amide bonds. The van der Waals surface area contributed by atoms with E-state index in [2.05, 4.69) is 6.58 Å². The van der Waals surface area contributed by atoms with Crippen LogP contribution in [0.5, 0.6) is 34.5 Å². The number of hydrogen-bond acceptors (Lipinski definition) is 9. The van der Waals surface area contributed by atoms with Gasteiger partial charge >= 0.3 is 0 Å². The number of allylic oxidation sites excluding steroid dienone is 1. The van der Waals surface area contributed by atoms with Crippen molar-refractivity contribution in [3.8, 4) is 34.5 Å². The number of ether oxygens (including phenoxy) is 6. The zero-order chi connectivity index (χ0) is 25.7. The minimum atomic E-state index is -2.52. The van der Waals surface area contributed by atoms with Crippen LogP contribution in [0.25, 0.3) is 12.2 Å². The van der Waals surface area contributed by atoms with Crippen LogP contribution >= 0.6 is 0 Å². The van der Waals surface area contributed by atoms with E-state index < -0.39 is 16.1 Å². The number of ketones is 1. The van der Waals surface area contributed by atoms with Crippen LogP contribution in [-0.4, -0.2) is 62.2 Å². The minimum absolute atomic E-state index is 0.436. The summed E-state index contributed by atoms with van der Waals surface area (Å²) in [5.41, 5.74) is 1.54. The molecule has 0 bridgehead atoms. The standard InChI is InChI=1S/C13H14O6S.C11H14O3/c1-17-11-6-9(4-5-10(14)8-20(15)16)7-12(18-2)13(11)19-3;1-5-8-6-9(12-2)11(14-4)10(7-8)13-3/h4-8H,1-3H3;5-7H,1H2,2-4H3. The summed E-state index contributed by atoms with van der Waals surface area (Å²) in [7, 11) is 6.67. The number of carbonyl (C=O) groups excluding carboxylic acids is 1. The molecule has 0 radical (unpaired) electrons. The highest BCUT2D eigenvalue weighted by atomic mass is 32.2. The molecule has 0 fully saturated rings. The van der Waals surface area contributed by atoms with Gasteiger partial charge in [-0.3, -0.25) is 4.79 Å². The largest absolute Gasteiger partial charge is 0.493 e. The van der Waals surface area contributed by atoms with E-state index in [9.17, 15) is 13.2 Å². The van der Waals surface area contributed by atoms with Crippen molar-refractivity contribution in [2.24, 2.45) is 0 Å². The average molecular weight is 493 g/mol. The van der Waals surface area contributed by atoms with E-state index in [-0.39, 0.29) is 0 Å². The average Bonchev–Trinajstić information content (AvgIpc) is 2.85. The molecule has 0 heterocycles. The van der Waals surface area contributed by atoms with Gasteiger partial charge in [-0.05, 0) is 41.5 Å². The van der Waals surface area contributed by atoms with E-state index in [1.54, 1.807) is 39.5 Å². The third-order valence-electron chi connectivity index (χ3n) is 4.26. The summed E-state index contributed by atoms with van der Waals surface area (Å²) >= 11 is 0. The lowest BCUT2D eigenvalue weighted by atomic mass is 10.1. The predicted octanol–water partition coefficient (Wildman–Crippen LogP) is 3.33. The predicted molar refractivity (Wildman–Crippen MR) is 131 cm³/mol. The molecule has 0 saturated carbocycles. The van der Waals surface area contributed by atoms with Gasteiger partial charge in [-0.15, -0.1) is 0 Å². The minimum Gasteiger partial charge on any atom is -0.493 e. The molecular weight excluding hydrogens is 464 g/mol. The molecule has 10 heteroatoms. The van der Waals surface area contributed by atoms with Gasteiger partial charge in [0.25, 0.3) is 0 Å². The maximum absolute atomic E-state index is 11.2. The quantitative estimate of drug-likeness (QED) is 0.365. The zero-order valence-electron chi connectivity index (χ0n) is 19.9. The van der Waals surface area contributed by atoms with Crippen LogP contribution in [-0.2, 0) is 15.1 Å². The molecule has 34 heavy (non-hydrogen) atoms. The number of hydrogen-bond donors (Lipinski definition) is 0. The Morgan fingerprint density at radius 2 is 1.09 bits per heavy atom. The lowest BCUT2D eigenvalue weighted by Crippen LogP contribution is -1.96. The van der Waals surface area contributed by atoms with E-state index in [1.807, 2.05) is 12.1 Å². The first-order valence-corrected chi connectivity index (χ1v) is 10.8. The van der Waals surface area contributed by atoms with Crippen LogP contribution in [0.2, 0.25) is 0 Å². The molecule has 184 valence electrons. The second kappa shape index (κ2) is 14.3. The van der Waals surface area contributed by atoms with E-state index in [1.165, 1.54) is 27.4 Å². The highest BCUT2D eigenvalue weighted by Crippen LogP contribution is 2.39. The van der Waals surface area contributed by atoms with E-state index >= 15 is 0 Å². The molecule has 0 saturated heterocycles. The van der Waals surface area contributed by atoms with Gasteiger partial charge in [-0.2, -0.15) is 8.42 Å². The summed E-state index contributed by atoms with van der Waals surface area (Å²) in [4.78, 5) is 11.2. The monoisotopic (exact) mass is 492 g/mol. The Labute approximate surface area is 200 Å². The van der Waals surface area contributed by atoms with Gasteiger partial charge in [-0.1, -0.05) is 18.7 Å². The van der Waals surface area contributed by atoms with Gasteiger partial charge in [0.05, 0.1) is 42.7 Å². The second-order valence-corrected chi connectivity index (χ2v) is 6.99. The van der Waals surface area contributed by atoms with Crippen molar-refractivity contribution in [2.45, 2.75) is 0 Å². The highest BCUT2D eigenvalue weighted by molar-refractivity contribution is 7.73. The summed E-state index contributed by atoms with van der Waals surface area (Å²) in [6, 6.07) is 6.96. The van der Waals surface area contributed by atoms with Crippen LogP contribution < -0.4 is 28.4 Å². The fourth-order valence-electron chi connectivity index (χ4n) is 2.73. The van der Waals surface area contributed by atoms with Crippen LogP contribution in [0.4, 0.5) is 0 Å². The molecule has 0 aliphatic rings. The first kappa shape index (κ1) is 28.1. The molecule has 0 atom stereocenters. The number of methoxy groups -OCH3 is 6. The van der Waals surface area contributed by atoms with Crippen molar-refractivity contribution in [3.05, 3.63) is 48.0 Å². The maximum Gasteiger partial charge on any atom is 0.218 e. The number of rotatable bonds is 10. The number of carbonyl (C=O) groups is 1. The second-order valence-electron chi connectivity index (χ2n) is 6.24. The fourth-order valence-corrected chi connectivity index (χ4v) is 3.00. The SMILES string of the molecule is C=Cc1cc(OC)c(OC)c(OC)c1.COc1cc(C=CC(=O)C=S(=O)=O)cc(OC)c1OC. The first-order chi connectivity index (χ1) is 16.3. The first-order valence-electron chi connectivity index (χ1n) is 9.65. The molecule has 0 aromatic heterocycles. The molecule has 0 spiro atoms. The van der Waals surface area contributed by atoms with Gasteiger partial charge in [0, 0.05) is 0 Å². The molecule has 0 aliphatic heterocycles. The molecule has 0 aliphatic carbocycles. The van der Waals surface area contributed by atoms with Gasteiger partial charge in [0.2, 0.25) is 21.8 Å². The molecule has 0 N–H and O–H groups in total. The van der Waals surface area contributed by atoms with Crippen LogP contribution in [0.15, 0.2) is 36.9 Å². The normalized spacial score (nSPS) is 9.82. The van der Waals surface area contributed by atoms with Gasteiger partial charge < -0.3 is 28.4 Å². The third-order valence-corrected chi connectivity index (χ3v) is 4.69. The van der Waals surface area contributed by atoms with E-state index in [0.717, 1.165) is 11.6 Å². The summed E-state index contributed by atoms with van der Waals surface area (Å²) in [6.07, 6.45) is 4.32. The molecule has 9 nitrogen and oxygen atoms in total. The number of benzene rings is 2. The maximum atomic E-state index is 11.2. The summed E-state index contributed by atoms with van der Waals surface area (Å²) in [5.74, 6) is 2.56. The summed E-state index contributed by atoms with van der Waals surface area (Å²) < 4.78 is 51.7. The van der Waals surface area contributed by atoms with Crippen molar-refractivity contribution in [1.82, 2.24) is 0 Å². The Kier molecular flexibility index (Phi) is 11.8. The van der Waals surface area contributed by atoms with Crippen molar-refractivity contribution >= 4 is 33.6 Å². The molecule has 2 aromatic rings. The Morgan fingerprint density at radius 3 is 1.38 bits per heavy atom. The molecular formula is C24H28O9S. The summed E-state index contributed by atoms with van der Waals surface area (Å²) in [6.45, 7) is 3.69. The lowest BCUT2D eigenvalue weighted by Gasteiger charge is -2.12. The van der Waals surface area contributed by atoms with Gasteiger partial charge in [0.1, 0.15) is 5.37 Å². The van der Waals surface area contributed by atoms with Crippen molar-refractivity contribution in [1.29, 1.82) is 0 Å². The molecule has 2 rings (SSSR count). The lowest BCUT2D eigenvalue weighted by molar-refractivity contribution is -0.108. The Hall–Kier alpha value is -3.92. The van der Waals surface area contributed by atoms with Crippen LogP contribution in [0, 0.1) is 0 Å². The summed E-state index contributed by atoms with van der Waals surface area (Å²) in [5, 5.41) is 0.578. The van der Waals surface area contributed by atoms with Crippen molar-refractivity contribution < 1.29 is 41.6 Å². The van der Waals surface area contributed by atoms with Gasteiger partial charge in [0.15, 0.2) is 28.8 Å². The fraction of sp³-hybridized carbons (Fsp3) is 0.250. The smallest absolute Gasteiger partial charge is 0.218 e. The Balaban J connectivity index is 0.000000362. The Bertz CT molecular complexity index is 1110. The molecule has 0 unspecified atom stereocenters. The topological polar surface area (TPSA) is 107 Å². The third kappa shape index (κ3) is 7.89. The highest BCUT2D eigenvalue weighted by Gasteiger charge is 2.12.